The summed E-state index contributed by atoms with van der Waals surface area (Å²) in [6, 6.07) is 4.91. The lowest BCUT2D eigenvalue weighted by molar-refractivity contribution is 0.602. The summed E-state index contributed by atoms with van der Waals surface area (Å²) in [5.74, 6) is 0.451. The Morgan fingerprint density at radius 2 is 2.10 bits per heavy atom. The van der Waals surface area contributed by atoms with Crippen LogP contribution in [0.4, 0.5) is 4.39 Å². The standard InChI is InChI=1S/C14H21BrFN3S/c1-14(2,20-4)9-19-13(17-3)18-8-10-7-11(15)5-6-12(10)16/h5-7H,8-9H2,1-4H3,(H2,17,18,19). The summed E-state index contributed by atoms with van der Waals surface area (Å²) < 4.78 is 14.6. The van der Waals surface area contributed by atoms with E-state index in [0.29, 0.717) is 18.1 Å². The normalized spacial score (nSPS) is 12.4. The summed E-state index contributed by atoms with van der Waals surface area (Å²) in [5, 5.41) is 6.37. The van der Waals surface area contributed by atoms with Crippen LogP contribution in [-0.2, 0) is 6.54 Å². The van der Waals surface area contributed by atoms with Gasteiger partial charge in [-0.15, -0.1) is 0 Å². The average molecular weight is 362 g/mol. The van der Waals surface area contributed by atoms with Crippen molar-refractivity contribution in [3.63, 3.8) is 0 Å². The fraction of sp³-hybridized carbons (Fsp3) is 0.500. The molecule has 0 unspecified atom stereocenters. The smallest absolute Gasteiger partial charge is 0.191 e. The van der Waals surface area contributed by atoms with Gasteiger partial charge in [-0.1, -0.05) is 15.9 Å². The van der Waals surface area contributed by atoms with Crippen molar-refractivity contribution >= 4 is 33.7 Å². The maximum absolute atomic E-state index is 13.6. The summed E-state index contributed by atoms with van der Waals surface area (Å²) in [6.07, 6.45) is 2.08. The fourth-order valence-electron chi connectivity index (χ4n) is 1.45. The first-order valence-electron chi connectivity index (χ1n) is 6.31. The largest absolute Gasteiger partial charge is 0.355 e. The lowest BCUT2D eigenvalue weighted by Gasteiger charge is -2.23. The van der Waals surface area contributed by atoms with Crippen LogP contribution < -0.4 is 10.6 Å². The SMILES string of the molecule is CN=C(NCc1cc(Br)ccc1F)NCC(C)(C)SC. The Morgan fingerprint density at radius 1 is 1.40 bits per heavy atom. The zero-order valence-corrected chi connectivity index (χ0v) is 14.7. The Labute approximate surface area is 133 Å². The molecule has 20 heavy (non-hydrogen) atoms. The highest BCUT2D eigenvalue weighted by molar-refractivity contribution is 9.10. The molecule has 0 bridgehead atoms. The van der Waals surface area contributed by atoms with Crippen molar-refractivity contribution in [3.8, 4) is 0 Å². The Balaban J connectivity index is 2.56. The first-order valence-corrected chi connectivity index (χ1v) is 8.33. The first-order chi connectivity index (χ1) is 9.38. The van der Waals surface area contributed by atoms with Gasteiger partial charge in [-0.3, -0.25) is 4.99 Å². The molecule has 1 rings (SSSR count). The maximum atomic E-state index is 13.6. The van der Waals surface area contributed by atoms with Crippen LogP contribution in [0.15, 0.2) is 27.7 Å². The quantitative estimate of drug-likeness (QED) is 0.623. The second-order valence-electron chi connectivity index (χ2n) is 4.98. The van der Waals surface area contributed by atoms with Crippen molar-refractivity contribution in [2.75, 3.05) is 19.8 Å². The van der Waals surface area contributed by atoms with E-state index in [1.165, 1.54) is 6.07 Å². The van der Waals surface area contributed by atoms with Crippen LogP contribution in [0.25, 0.3) is 0 Å². The van der Waals surface area contributed by atoms with Crippen molar-refractivity contribution in [1.29, 1.82) is 0 Å². The molecule has 0 atom stereocenters. The van der Waals surface area contributed by atoms with E-state index < -0.39 is 0 Å². The van der Waals surface area contributed by atoms with Gasteiger partial charge in [0.05, 0.1) is 0 Å². The van der Waals surface area contributed by atoms with Crippen molar-refractivity contribution in [3.05, 3.63) is 34.1 Å². The van der Waals surface area contributed by atoms with E-state index in [1.807, 2.05) is 0 Å². The van der Waals surface area contributed by atoms with Crippen molar-refractivity contribution in [1.82, 2.24) is 10.6 Å². The number of nitrogens with zero attached hydrogens (tertiary/aromatic N) is 1. The average Bonchev–Trinajstić information content (AvgIpc) is 2.42. The van der Waals surface area contributed by atoms with Gasteiger partial charge in [-0.2, -0.15) is 11.8 Å². The zero-order valence-electron chi connectivity index (χ0n) is 12.3. The van der Waals surface area contributed by atoms with Gasteiger partial charge in [0.15, 0.2) is 5.96 Å². The highest BCUT2D eigenvalue weighted by Gasteiger charge is 2.16. The molecule has 112 valence electrons. The lowest BCUT2D eigenvalue weighted by atomic mass is 10.2. The van der Waals surface area contributed by atoms with Crippen LogP contribution in [0.1, 0.15) is 19.4 Å². The first kappa shape index (κ1) is 17.3. The van der Waals surface area contributed by atoms with Gasteiger partial charge in [-0.25, -0.2) is 4.39 Å². The third kappa shape index (κ3) is 5.71. The number of aliphatic imine (C=N–C) groups is 1. The molecular weight excluding hydrogens is 341 g/mol. The molecule has 1 aromatic rings. The van der Waals surface area contributed by atoms with E-state index >= 15 is 0 Å². The van der Waals surface area contributed by atoms with E-state index in [-0.39, 0.29) is 10.6 Å². The minimum atomic E-state index is -0.222. The van der Waals surface area contributed by atoms with Gasteiger partial charge >= 0.3 is 0 Å². The number of hydrogen-bond acceptors (Lipinski definition) is 2. The topological polar surface area (TPSA) is 36.4 Å². The number of rotatable bonds is 5. The molecule has 3 nitrogen and oxygen atoms in total. The van der Waals surface area contributed by atoms with E-state index in [1.54, 1.807) is 30.9 Å². The second-order valence-corrected chi connectivity index (χ2v) is 7.41. The number of nitrogens with one attached hydrogen (secondary N) is 2. The van der Waals surface area contributed by atoms with Gasteiger partial charge in [0.25, 0.3) is 0 Å². The third-order valence-electron chi connectivity index (χ3n) is 2.91. The lowest BCUT2D eigenvalue weighted by Crippen LogP contribution is -2.43. The minimum Gasteiger partial charge on any atom is -0.355 e. The number of hydrogen-bond donors (Lipinski definition) is 2. The molecule has 0 saturated heterocycles. The summed E-state index contributed by atoms with van der Waals surface area (Å²) >= 11 is 5.13. The van der Waals surface area contributed by atoms with Gasteiger partial charge in [-0.05, 0) is 38.3 Å². The highest BCUT2D eigenvalue weighted by Crippen LogP contribution is 2.19. The van der Waals surface area contributed by atoms with E-state index in [0.717, 1.165) is 11.0 Å². The molecular formula is C14H21BrFN3S. The summed E-state index contributed by atoms with van der Waals surface area (Å²) in [4.78, 5) is 4.14. The number of benzene rings is 1. The van der Waals surface area contributed by atoms with Crippen LogP contribution in [-0.4, -0.2) is 30.6 Å². The Hall–Kier alpha value is -0.750. The zero-order chi connectivity index (χ0) is 15.2. The molecule has 0 saturated carbocycles. The third-order valence-corrected chi connectivity index (χ3v) is 4.65. The van der Waals surface area contributed by atoms with Crippen molar-refractivity contribution in [2.24, 2.45) is 4.99 Å². The predicted octanol–water partition coefficient (Wildman–Crippen LogP) is 3.39. The van der Waals surface area contributed by atoms with Crippen LogP contribution in [0.2, 0.25) is 0 Å². The summed E-state index contributed by atoms with van der Waals surface area (Å²) in [7, 11) is 1.71. The number of halogens is 2. The minimum absolute atomic E-state index is 0.124. The molecule has 0 fully saturated rings. The van der Waals surface area contributed by atoms with E-state index in [2.05, 4.69) is 51.7 Å². The van der Waals surface area contributed by atoms with Gasteiger partial charge < -0.3 is 10.6 Å². The molecule has 0 aromatic heterocycles. The molecule has 0 amide bonds. The Morgan fingerprint density at radius 3 is 2.70 bits per heavy atom. The van der Waals surface area contributed by atoms with Crippen LogP contribution in [0.5, 0.6) is 0 Å². The molecule has 2 N–H and O–H groups in total. The second kappa shape index (κ2) is 7.88. The van der Waals surface area contributed by atoms with Crippen LogP contribution in [0.3, 0.4) is 0 Å². The Bertz CT molecular complexity index is 477. The maximum Gasteiger partial charge on any atom is 0.191 e. The Kier molecular flexibility index (Phi) is 6.82. The van der Waals surface area contributed by atoms with Gasteiger partial charge in [0.1, 0.15) is 5.82 Å². The fourth-order valence-corrected chi connectivity index (χ4v) is 2.07. The molecule has 0 radical (unpaired) electrons. The summed E-state index contributed by atoms with van der Waals surface area (Å²) in [6.45, 7) is 5.50. The molecule has 1 aromatic carbocycles. The number of thioether (sulfide) groups is 1. The molecule has 0 aliphatic heterocycles. The molecule has 0 heterocycles. The number of guanidine groups is 1. The van der Waals surface area contributed by atoms with Gasteiger partial charge in [0.2, 0.25) is 0 Å². The van der Waals surface area contributed by atoms with Crippen molar-refractivity contribution < 1.29 is 4.39 Å². The molecule has 6 heteroatoms. The highest BCUT2D eigenvalue weighted by atomic mass is 79.9. The van der Waals surface area contributed by atoms with E-state index in [9.17, 15) is 4.39 Å². The molecule has 0 aliphatic rings. The van der Waals surface area contributed by atoms with Crippen LogP contribution in [0, 0.1) is 5.82 Å². The summed E-state index contributed by atoms with van der Waals surface area (Å²) in [5.41, 5.74) is 0.603. The van der Waals surface area contributed by atoms with Gasteiger partial charge in [0, 0.05) is 34.9 Å². The van der Waals surface area contributed by atoms with Crippen LogP contribution >= 0.6 is 27.7 Å². The van der Waals surface area contributed by atoms with E-state index in [4.69, 9.17) is 0 Å². The predicted molar refractivity (Wildman–Crippen MR) is 89.9 cm³/mol. The molecule has 0 spiro atoms. The molecule has 0 aliphatic carbocycles. The monoisotopic (exact) mass is 361 g/mol. The van der Waals surface area contributed by atoms with Crippen molar-refractivity contribution in [2.45, 2.75) is 25.1 Å².